The van der Waals surface area contributed by atoms with E-state index in [0.717, 1.165) is 0 Å². The number of piperidine rings is 1. The summed E-state index contributed by atoms with van der Waals surface area (Å²) in [4.78, 5) is 3.75. The average molecular weight is 295 g/mol. The molecule has 7 heteroatoms. The van der Waals surface area contributed by atoms with Crippen LogP contribution in [0.3, 0.4) is 0 Å². The summed E-state index contributed by atoms with van der Waals surface area (Å²) in [6, 6.07) is 4.73. The molecule has 1 aliphatic heterocycles. The number of hydrogen-bond acceptors (Lipinski definition) is 5. The number of hydrogen-bond donors (Lipinski definition) is 1. The van der Waals surface area contributed by atoms with Gasteiger partial charge in [-0.15, -0.1) is 0 Å². The third-order valence-electron chi connectivity index (χ3n) is 3.68. The first kappa shape index (κ1) is 14.9. The van der Waals surface area contributed by atoms with Gasteiger partial charge in [-0.2, -0.15) is 9.57 Å². The lowest BCUT2D eigenvalue weighted by molar-refractivity contribution is 0.0912. The van der Waals surface area contributed by atoms with Crippen LogP contribution < -0.4 is 0 Å². The Bertz CT molecular complexity index is 614. The van der Waals surface area contributed by atoms with Crippen LogP contribution >= 0.6 is 0 Å². The summed E-state index contributed by atoms with van der Waals surface area (Å²) in [5.74, 6) is 0.130. The molecule has 1 atom stereocenters. The van der Waals surface area contributed by atoms with E-state index in [1.54, 1.807) is 6.92 Å². The molecular weight excluding hydrogens is 278 g/mol. The van der Waals surface area contributed by atoms with Crippen molar-refractivity contribution in [3.63, 3.8) is 0 Å². The highest BCUT2D eigenvalue weighted by atomic mass is 32.2. The fraction of sp³-hybridized carbons (Fsp3) is 0.538. The first-order valence-corrected chi connectivity index (χ1v) is 7.94. The van der Waals surface area contributed by atoms with Crippen molar-refractivity contribution < 1.29 is 13.5 Å². The summed E-state index contributed by atoms with van der Waals surface area (Å²) in [6.07, 6.45) is 2.22. The number of aromatic nitrogens is 1. The molecule has 0 saturated carbocycles. The molecule has 1 N–H and O–H groups in total. The molecule has 1 unspecified atom stereocenters. The molecule has 0 aromatic carbocycles. The molecule has 0 aliphatic carbocycles. The van der Waals surface area contributed by atoms with Gasteiger partial charge in [-0.3, -0.25) is 0 Å². The molecule has 6 nitrogen and oxygen atoms in total. The Kier molecular flexibility index (Phi) is 4.38. The van der Waals surface area contributed by atoms with Gasteiger partial charge < -0.3 is 5.11 Å². The van der Waals surface area contributed by atoms with Crippen LogP contribution in [0.1, 0.15) is 25.5 Å². The number of aliphatic hydroxyl groups excluding tert-OH is 1. The van der Waals surface area contributed by atoms with Crippen molar-refractivity contribution in [3.8, 4) is 6.07 Å². The standard InChI is InChI=1S/C13H17N3O3S/c1-10(17)11-4-7-16(8-5-11)20(18,19)13-3-2-6-15-12(13)9-14/h2-3,6,10-11,17H,4-5,7-8H2,1H3. The van der Waals surface area contributed by atoms with Crippen LogP contribution in [0, 0.1) is 17.2 Å². The lowest BCUT2D eigenvalue weighted by atomic mass is 9.93. The van der Waals surface area contributed by atoms with Gasteiger partial charge in [0, 0.05) is 19.3 Å². The normalized spacial score (nSPS) is 19.4. The van der Waals surface area contributed by atoms with Gasteiger partial charge in [0.25, 0.3) is 0 Å². The minimum atomic E-state index is -3.69. The molecule has 2 rings (SSSR count). The maximum atomic E-state index is 12.5. The smallest absolute Gasteiger partial charge is 0.245 e. The summed E-state index contributed by atoms with van der Waals surface area (Å²) in [6.45, 7) is 2.44. The zero-order valence-electron chi connectivity index (χ0n) is 11.2. The fourth-order valence-corrected chi connectivity index (χ4v) is 3.98. The van der Waals surface area contributed by atoms with Crippen LogP contribution in [0.15, 0.2) is 23.2 Å². The highest BCUT2D eigenvalue weighted by Crippen LogP contribution is 2.26. The van der Waals surface area contributed by atoms with E-state index >= 15 is 0 Å². The number of pyridine rings is 1. The molecular formula is C13H17N3O3S. The number of nitriles is 1. The van der Waals surface area contributed by atoms with Crippen LogP contribution in [0.2, 0.25) is 0 Å². The SMILES string of the molecule is CC(O)C1CCN(S(=O)(=O)c2cccnc2C#N)CC1. The summed E-state index contributed by atoms with van der Waals surface area (Å²) in [5.41, 5.74) is -0.0786. The third-order valence-corrected chi connectivity index (χ3v) is 5.61. The van der Waals surface area contributed by atoms with Crippen molar-refractivity contribution in [3.05, 3.63) is 24.0 Å². The number of rotatable bonds is 3. The molecule has 1 aromatic rings. The molecule has 2 heterocycles. The number of sulfonamides is 1. The zero-order chi connectivity index (χ0) is 14.8. The highest BCUT2D eigenvalue weighted by molar-refractivity contribution is 7.89. The van der Waals surface area contributed by atoms with Crippen LogP contribution in [-0.2, 0) is 10.0 Å². The Morgan fingerprint density at radius 2 is 2.15 bits per heavy atom. The fourth-order valence-electron chi connectivity index (χ4n) is 2.42. The maximum absolute atomic E-state index is 12.5. The number of aliphatic hydroxyl groups is 1. The molecule has 108 valence electrons. The van der Waals surface area contributed by atoms with Crippen molar-refractivity contribution in [1.82, 2.24) is 9.29 Å². The van der Waals surface area contributed by atoms with Gasteiger partial charge in [0.15, 0.2) is 5.69 Å². The van der Waals surface area contributed by atoms with E-state index in [0.29, 0.717) is 25.9 Å². The van der Waals surface area contributed by atoms with E-state index in [1.165, 1.54) is 22.6 Å². The van der Waals surface area contributed by atoms with Gasteiger partial charge in [-0.05, 0) is 37.8 Å². The molecule has 0 bridgehead atoms. The van der Waals surface area contributed by atoms with Gasteiger partial charge >= 0.3 is 0 Å². The first-order chi connectivity index (χ1) is 9.46. The van der Waals surface area contributed by atoms with E-state index in [1.807, 2.05) is 6.07 Å². The van der Waals surface area contributed by atoms with Crippen LogP contribution in [0.4, 0.5) is 0 Å². The quantitative estimate of drug-likeness (QED) is 0.887. The zero-order valence-corrected chi connectivity index (χ0v) is 12.0. The molecule has 0 spiro atoms. The molecule has 20 heavy (non-hydrogen) atoms. The second-order valence-corrected chi connectivity index (χ2v) is 6.85. The van der Waals surface area contributed by atoms with Gasteiger partial charge in [0.1, 0.15) is 11.0 Å². The van der Waals surface area contributed by atoms with E-state index in [4.69, 9.17) is 5.26 Å². The monoisotopic (exact) mass is 295 g/mol. The summed E-state index contributed by atoms with van der Waals surface area (Å²) >= 11 is 0. The summed E-state index contributed by atoms with van der Waals surface area (Å²) < 4.78 is 26.4. The van der Waals surface area contributed by atoms with E-state index in [2.05, 4.69) is 4.98 Å². The van der Waals surface area contributed by atoms with E-state index in [-0.39, 0.29) is 16.5 Å². The van der Waals surface area contributed by atoms with Gasteiger partial charge in [-0.25, -0.2) is 13.4 Å². The van der Waals surface area contributed by atoms with E-state index in [9.17, 15) is 13.5 Å². The second-order valence-electron chi connectivity index (χ2n) is 4.94. The number of nitrogens with zero attached hydrogens (tertiary/aromatic N) is 3. The van der Waals surface area contributed by atoms with Crippen LogP contribution in [-0.4, -0.2) is 42.0 Å². The van der Waals surface area contributed by atoms with E-state index < -0.39 is 16.1 Å². The Morgan fingerprint density at radius 1 is 1.50 bits per heavy atom. The predicted octanol–water partition coefficient (Wildman–Crippen LogP) is 0.735. The lowest BCUT2D eigenvalue weighted by Crippen LogP contribution is -2.40. The minimum Gasteiger partial charge on any atom is -0.393 e. The summed E-state index contributed by atoms with van der Waals surface area (Å²) in [7, 11) is -3.69. The van der Waals surface area contributed by atoms with Gasteiger partial charge in [0.05, 0.1) is 6.10 Å². The predicted molar refractivity (Wildman–Crippen MR) is 72.1 cm³/mol. The molecule has 1 saturated heterocycles. The molecule has 0 amide bonds. The Hall–Kier alpha value is -1.49. The van der Waals surface area contributed by atoms with Crippen molar-refractivity contribution in [2.45, 2.75) is 30.8 Å². The average Bonchev–Trinajstić information content (AvgIpc) is 2.47. The largest absolute Gasteiger partial charge is 0.393 e. The van der Waals surface area contributed by atoms with Crippen LogP contribution in [0.25, 0.3) is 0 Å². The second kappa shape index (κ2) is 5.87. The van der Waals surface area contributed by atoms with Crippen molar-refractivity contribution in [2.24, 2.45) is 5.92 Å². The Morgan fingerprint density at radius 3 is 2.70 bits per heavy atom. The Balaban J connectivity index is 2.23. The van der Waals surface area contributed by atoms with Gasteiger partial charge in [0.2, 0.25) is 10.0 Å². The summed E-state index contributed by atoms with van der Waals surface area (Å²) in [5, 5.41) is 18.5. The topological polar surface area (TPSA) is 94.3 Å². The highest BCUT2D eigenvalue weighted by Gasteiger charge is 2.32. The van der Waals surface area contributed by atoms with Gasteiger partial charge in [-0.1, -0.05) is 0 Å². The maximum Gasteiger partial charge on any atom is 0.245 e. The molecule has 1 aromatic heterocycles. The first-order valence-electron chi connectivity index (χ1n) is 6.50. The Labute approximate surface area is 118 Å². The van der Waals surface area contributed by atoms with Crippen molar-refractivity contribution >= 4 is 10.0 Å². The van der Waals surface area contributed by atoms with Crippen molar-refractivity contribution in [1.29, 1.82) is 5.26 Å². The third kappa shape index (κ3) is 2.82. The van der Waals surface area contributed by atoms with Crippen molar-refractivity contribution in [2.75, 3.05) is 13.1 Å². The molecule has 1 fully saturated rings. The van der Waals surface area contributed by atoms with Crippen LogP contribution in [0.5, 0.6) is 0 Å². The molecule has 0 radical (unpaired) electrons. The minimum absolute atomic E-state index is 0.0435. The molecule has 1 aliphatic rings. The lowest BCUT2D eigenvalue weighted by Gasteiger charge is -2.32.